The van der Waals surface area contributed by atoms with E-state index in [4.69, 9.17) is 0 Å². The highest BCUT2D eigenvalue weighted by atomic mass is 32.2. The fourth-order valence-electron chi connectivity index (χ4n) is 2.65. The van der Waals surface area contributed by atoms with E-state index < -0.39 is 0 Å². The molecule has 0 N–H and O–H groups in total. The number of hydrogen-bond acceptors (Lipinski definition) is 4. The standard InChI is InChI=1S/C16H14N2S2/c1-3-12-15(18-7-6-17-16(18)20-12)14-9-11-5-4-10(2)8-13(11)19-14/h3-5,8-9H,1,6-7H2,2H3. The van der Waals surface area contributed by atoms with Crippen molar-refractivity contribution in [1.29, 1.82) is 0 Å². The summed E-state index contributed by atoms with van der Waals surface area (Å²) in [4.78, 5) is 9.44. The number of nitrogens with zero attached hydrogens (tertiary/aromatic N) is 2. The quantitative estimate of drug-likeness (QED) is 0.812. The Labute approximate surface area is 126 Å². The molecule has 1 aromatic carbocycles. The van der Waals surface area contributed by atoms with Crippen molar-refractivity contribution in [2.24, 2.45) is 4.99 Å². The van der Waals surface area contributed by atoms with Crippen molar-refractivity contribution < 1.29 is 0 Å². The van der Waals surface area contributed by atoms with E-state index in [1.807, 2.05) is 17.4 Å². The molecular weight excluding hydrogens is 284 g/mol. The number of benzene rings is 1. The molecule has 2 aliphatic heterocycles. The molecule has 0 saturated carbocycles. The van der Waals surface area contributed by atoms with Crippen molar-refractivity contribution in [1.82, 2.24) is 4.90 Å². The van der Waals surface area contributed by atoms with Gasteiger partial charge in [-0.25, -0.2) is 0 Å². The summed E-state index contributed by atoms with van der Waals surface area (Å²) in [7, 11) is 0. The van der Waals surface area contributed by atoms with Crippen molar-refractivity contribution in [2.75, 3.05) is 13.1 Å². The minimum atomic E-state index is 0.903. The average molecular weight is 298 g/mol. The SMILES string of the molecule is C=CC1=C(c2cc3ccc(C)cc3s2)N2CCN=C2S1. The molecule has 2 aliphatic rings. The zero-order valence-electron chi connectivity index (χ0n) is 11.2. The Kier molecular flexibility index (Phi) is 2.75. The third-order valence-electron chi connectivity index (χ3n) is 3.60. The molecule has 0 spiro atoms. The Morgan fingerprint density at radius 1 is 1.35 bits per heavy atom. The van der Waals surface area contributed by atoms with Crippen molar-refractivity contribution in [3.63, 3.8) is 0 Å². The Bertz CT molecular complexity index is 783. The van der Waals surface area contributed by atoms with Gasteiger partial charge in [0.1, 0.15) is 0 Å². The summed E-state index contributed by atoms with van der Waals surface area (Å²) < 4.78 is 1.35. The van der Waals surface area contributed by atoms with E-state index in [2.05, 4.69) is 47.7 Å². The Morgan fingerprint density at radius 2 is 2.25 bits per heavy atom. The van der Waals surface area contributed by atoms with Crippen LogP contribution in [-0.4, -0.2) is 23.2 Å². The number of hydrogen-bond donors (Lipinski definition) is 0. The second kappa shape index (κ2) is 4.50. The number of aryl methyl sites for hydroxylation is 1. The van der Waals surface area contributed by atoms with Crippen LogP contribution in [0.25, 0.3) is 15.8 Å². The van der Waals surface area contributed by atoms with Crippen LogP contribution in [0.2, 0.25) is 0 Å². The average Bonchev–Trinajstić information content (AvgIpc) is 3.09. The van der Waals surface area contributed by atoms with E-state index in [0.717, 1.165) is 18.3 Å². The second-order valence-electron chi connectivity index (χ2n) is 4.99. The van der Waals surface area contributed by atoms with Gasteiger partial charge in [-0.15, -0.1) is 11.3 Å². The van der Waals surface area contributed by atoms with Crippen LogP contribution >= 0.6 is 23.1 Å². The lowest BCUT2D eigenvalue weighted by Gasteiger charge is -2.15. The van der Waals surface area contributed by atoms with Crippen LogP contribution in [-0.2, 0) is 0 Å². The molecule has 4 heteroatoms. The fourth-order valence-corrected chi connectivity index (χ4v) is 4.99. The van der Waals surface area contributed by atoms with Crippen molar-refractivity contribution in [2.45, 2.75) is 6.92 Å². The predicted molar refractivity (Wildman–Crippen MR) is 90.3 cm³/mol. The van der Waals surface area contributed by atoms with Gasteiger partial charge in [0.15, 0.2) is 5.17 Å². The zero-order valence-corrected chi connectivity index (χ0v) is 12.9. The monoisotopic (exact) mass is 298 g/mol. The first-order chi connectivity index (χ1) is 9.76. The zero-order chi connectivity index (χ0) is 13.7. The molecule has 4 rings (SSSR count). The molecule has 0 amide bonds. The van der Waals surface area contributed by atoms with Gasteiger partial charge in [0.2, 0.25) is 0 Å². The Morgan fingerprint density at radius 3 is 3.10 bits per heavy atom. The van der Waals surface area contributed by atoms with Gasteiger partial charge in [0.25, 0.3) is 0 Å². The number of thiophene rings is 1. The second-order valence-corrected chi connectivity index (χ2v) is 7.08. The van der Waals surface area contributed by atoms with E-state index in [1.54, 1.807) is 11.8 Å². The molecule has 0 radical (unpaired) electrons. The lowest BCUT2D eigenvalue weighted by molar-refractivity contribution is 0.650. The van der Waals surface area contributed by atoms with Gasteiger partial charge in [-0.2, -0.15) is 0 Å². The van der Waals surface area contributed by atoms with Crippen LogP contribution in [0.3, 0.4) is 0 Å². The topological polar surface area (TPSA) is 15.6 Å². The first-order valence-corrected chi connectivity index (χ1v) is 8.27. The maximum Gasteiger partial charge on any atom is 0.168 e. The lowest BCUT2D eigenvalue weighted by Crippen LogP contribution is -2.19. The van der Waals surface area contributed by atoms with Crippen LogP contribution < -0.4 is 0 Å². The first-order valence-electron chi connectivity index (χ1n) is 6.63. The lowest BCUT2D eigenvalue weighted by atomic mass is 10.2. The summed E-state index contributed by atoms with van der Waals surface area (Å²) >= 11 is 3.60. The predicted octanol–water partition coefficient (Wildman–Crippen LogP) is 4.48. The molecule has 0 bridgehead atoms. The third kappa shape index (κ3) is 1.75. The minimum absolute atomic E-state index is 0.903. The summed E-state index contributed by atoms with van der Waals surface area (Å²) in [5, 5.41) is 2.45. The largest absolute Gasteiger partial charge is 0.317 e. The summed E-state index contributed by atoms with van der Waals surface area (Å²) in [5.41, 5.74) is 2.60. The van der Waals surface area contributed by atoms with Gasteiger partial charge < -0.3 is 4.90 Å². The minimum Gasteiger partial charge on any atom is -0.317 e. The number of aliphatic imine (C=N–C) groups is 1. The highest BCUT2D eigenvalue weighted by Gasteiger charge is 2.32. The molecule has 0 unspecified atom stereocenters. The van der Waals surface area contributed by atoms with E-state index in [-0.39, 0.29) is 0 Å². The third-order valence-corrected chi connectivity index (χ3v) is 5.82. The number of fused-ring (bicyclic) bond motifs is 2. The van der Waals surface area contributed by atoms with Crippen LogP contribution in [0.4, 0.5) is 0 Å². The molecule has 20 heavy (non-hydrogen) atoms. The molecule has 0 aliphatic carbocycles. The highest BCUT2D eigenvalue weighted by Crippen LogP contribution is 2.45. The summed E-state index contributed by atoms with van der Waals surface area (Å²) in [6.45, 7) is 7.99. The van der Waals surface area contributed by atoms with Gasteiger partial charge in [-0.1, -0.05) is 24.8 Å². The van der Waals surface area contributed by atoms with E-state index in [0.29, 0.717) is 0 Å². The molecule has 0 saturated heterocycles. The van der Waals surface area contributed by atoms with Gasteiger partial charge in [0, 0.05) is 16.1 Å². The van der Waals surface area contributed by atoms with E-state index >= 15 is 0 Å². The fraction of sp³-hybridized carbons (Fsp3) is 0.188. The van der Waals surface area contributed by atoms with Crippen molar-refractivity contribution in [3.05, 3.63) is 52.3 Å². The number of allylic oxidation sites excluding steroid dienone is 1. The number of thioether (sulfide) groups is 1. The molecule has 0 fully saturated rings. The van der Waals surface area contributed by atoms with E-state index in [9.17, 15) is 0 Å². The molecule has 3 heterocycles. The maximum atomic E-state index is 4.56. The van der Waals surface area contributed by atoms with Gasteiger partial charge >= 0.3 is 0 Å². The molecule has 0 atom stereocenters. The number of amidine groups is 1. The summed E-state index contributed by atoms with van der Waals surface area (Å²) in [6, 6.07) is 8.94. The molecule has 1 aromatic heterocycles. The van der Waals surface area contributed by atoms with Gasteiger partial charge in [-0.3, -0.25) is 4.99 Å². The Balaban J connectivity index is 1.88. The van der Waals surface area contributed by atoms with Crippen LogP contribution in [0.1, 0.15) is 10.4 Å². The van der Waals surface area contributed by atoms with Crippen LogP contribution in [0.5, 0.6) is 0 Å². The first kappa shape index (κ1) is 12.2. The van der Waals surface area contributed by atoms with Gasteiger partial charge in [-0.05, 0) is 41.8 Å². The van der Waals surface area contributed by atoms with Crippen molar-refractivity contribution >= 4 is 44.0 Å². The Hall–Kier alpha value is -1.52. The molecule has 2 aromatic rings. The molecule has 100 valence electrons. The van der Waals surface area contributed by atoms with E-state index in [1.165, 1.54) is 31.1 Å². The molecular formula is C16H14N2S2. The molecule has 2 nitrogen and oxygen atoms in total. The smallest absolute Gasteiger partial charge is 0.168 e. The van der Waals surface area contributed by atoms with Crippen LogP contribution in [0, 0.1) is 6.92 Å². The maximum absolute atomic E-state index is 4.56. The summed E-state index contributed by atoms with van der Waals surface area (Å²) in [5.74, 6) is 0. The van der Waals surface area contributed by atoms with Gasteiger partial charge in [0.05, 0.1) is 17.1 Å². The van der Waals surface area contributed by atoms with Crippen LogP contribution in [0.15, 0.2) is 46.8 Å². The summed E-state index contributed by atoms with van der Waals surface area (Å²) in [6.07, 6.45) is 1.95. The highest BCUT2D eigenvalue weighted by molar-refractivity contribution is 8.17. The van der Waals surface area contributed by atoms with Crippen molar-refractivity contribution in [3.8, 4) is 0 Å². The normalized spacial score (nSPS) is 17.9. The number of rotatable bonds is 2.